The van der Waals surface area contributed by atoms with Crippen LogP contribution in [0, 0.1) is 5.82 Å². The van der Waals surface area contributed by atoms with Crippen LogP contribution in [0.1, 0.15) is 37.8 Å². The van der Waals surface area contributed by atoms with Gasteiger partial charge in [-0.2, -0.15) is 0 Å². The van der Waals surface area contributed by atoms with Crippen LogP contribution in [-0.2, 0) is 6.54 Å². The second-order valence-electron chi connectivity index (χ2n) is 5.91. The van der Waals surface area contributed by atoms with E-state index in [1.807, 2.05) is 24.3 Å². The topological polar surface area (TPSA) is 50.4 Å². The van der Waals surface area contributed by atoms with Crippen molar-refractivity contribution in [2.24, 2.45) is 0 Å². The largest absolute Gasteiger partial charge is 0.471 e. The fourth-order valence-electron chi connectivity index (χ4n) is 2.30. The Hall–Kier alpha value is -2.56. The van der Waals surface area contributed by atoms with Gasteiger partial charge >= 0.3 is 6.03 Å². The number of urea groups is 1. The Morgan fingerprint density at radius 3 is 2.42 bits per heavy atom. The van der Waals surface area contributed by atoms with Gasteiger partial charge in [0, 0.05) is 6.54 Å². The summed E-state index contributed by atoms with van der Waals surface area (Å²) < 4.78 is 18.7. The van der Waals surface area contributed by atoms with Crippen molar-refractivity contribution < 1.29 is 13.9 Å². The summed E-state index contributed by atoms with van der Waals surface area (Å²) in [5.41, 5.74) is 1.92. The number of para-hydroxylation sites is 1. The highest BCUT2D eigenvalue weighted by Crippen LogP contribution is 2.26. The van der Waals surface area contributed by atoms with Gasteiger partial charge in [-0.3, -0.25) is 0 Å². The van der Waals surface area contributed by atoms with E-state index in [1.165, 1.54) is 12.1 Å². The van der Waals surface area contributed by atoms with Crippen LogP contribution in [0.25, 0.3) is 0 Å². The predicted octanol–water partition coefficient (Wildman–Crippen LogP) is 4.17. The summed E-state index contributed by atoms with van der Waals surface area (Å²) in [7, 11) is 0. The predicted molar refractivity (Wildman–Crippen MR) is 92.4 cm³/mol. The van der Waals surface area contributed by atoms with Crippen LogP contribution in [0.4, 0.5) is 9.18 Å². The van der Waals surface area contributed by atoms with E-state index in [-0.39, 0.29) is 11.8 Å². The summed E-state index contributed by atoms with van der Waals surface area (Å²) in [5, 5.41) is 5.45. The molecule has 2 aromatic carbocycles. The SMILES string of the molecule is CC(NC(=O)NCc1ccc(F)cc1)Oc1ccccc1C(C)C. The normalized spacial score (nSPS) is 11.9. The zero-order valence-corrected chi connectivity index (χ0v) is 14.2. The van der Waals surface area contributed by atoms with Gasteiger partial charge in [-0.1, -0.05) is 44.2 Å². The van der Waals surface area contributed by atoms with Gasteiger partial charge in [0.05, 0.1) is 0 Å². The molecule has 0 bridgehead atoms. The molecule has 24 heavy (non-hydrogen) atoms. The number of hydrogen-bond acceptors (Lipinski definition) is 2. The minimum Gasteiger partial charge on any atom is -0.471 e. The molecule has 2 amide bonds. The van der Waals surface area contributed by atoms with Gasteiger partial charge in [0.25, 0.3) is 0 Å². The monoisotopic (exact) mass is 330 g/mol. The van der Waals surface area contributed by atoms with Crippen LogP contribution in [0.15, 0.2) is 48.5 Å². The molecule has 2 rings (SSSR count). The van der Waals surface area contributed by atoms with Crippen LogP contribution in [-0.4, -0.2) is 12.3 Å². The van der Waals surface area contributed by atoms with E-state index in [9.17, 15) is 9.18 Å². The number of amides is 2. The number of carbonyl (C=O) groups excluding carboxylic acids is 1. The molecule has 0 aromatic heterocycles. The zero-order valence-electron chi connectivity index (χ0n) is 14.2. The Morgan fingerprint density at radius 1 is 1.08 bits per heavy atom. The van der Waals surface area contributed by atoms with Gasteiger partial charge in [-0.15, -0.1) is 0 Å². The molecule has 0 fully saturated rings. The highest BCUT2D eigenvalue weighted by Gasteiger charge is 2.12. The summed E-state index contributed by atoms with van der Waals surface area (Å²) in [6.07, 6.45) is -0.474. The van der Waals surface area contributed by atoms with Crippen LogP contribution >= 0.6 is 0 Å². The molecule has 0 saturated carbocycles. The number of benzene rings is 2. The number of nitrogens with one attached hydrogen (secondary N) is 2. The van der Waals surface area contributed by atoms with Gasteiger partial charge in [0.15, 0.2) is 6.23 Å². The Morgan fingerprint density at radius 2 is 1.75 bits per heavy atom. The van der Waals surface area contributed by atoms with Crippen molar-refractivity contribution in [2.45, 2.75) is 39.5 Å². The van der Waals surface area contributed by atoms with Crippen molar-refractivity contribution in [3.8, 4) is 5.75 Å². The van der Waals surface area contributed by atoms with E-state index in [0.717, 1.165) is 16.9 Å². The summed E-state index contributed by atoms with van der Waals surface area (Å²) in [6.45, 7) is 6.28. The Kier molecular flexibility index (Phi) is 6.18. The molecule has 5 heteroatoms. The molecule has 0 aliphatic heterocycles. The highest BCUT2D eigenvalue weighted by molar-refractivity contribution is 5.74. The number of carbonyl (C=O) groups is 1. The number of halogens is 1. The first-order valence-corrected chi connectivity index (χ1v) is 8.00. The molecule has 0 heterocycles. The second-order valence-corrected chi connectivity index (χ2v) is 5.91. The maximum Gasteiger partial charge on any atom is 0.317 e. The number of ether oxygens (including phenoxy) is 1. The van der Waals surface area contributed by atoms with Gasteiger partial charge in [-0.05, 0) is 42.2 Å². The first-order chi connectivity index (χ1) is 11.5. The standard InChI is InChI=1S/C19H23FN2O2/c1-13(2)17-6-4-5-7-18(17)24-14(3)22-19(23)21-12-15-8-10-16(20)11-9-15/h4-11,13-14H,12H2,1-3H3,(H2,21,22,23). The van der Waals surface area contributed by atoms with Crippen LogP contribution in [0.2, 0.25) is 0 Å². The van der Waals surface area contributed by atoms with E-state index in [2.05, 4.69) is 24.5 Å². The zero-order chi connectivity index (χ0) is 17.5. The van der Waals surface area contributed by atoms with E-state index < -0.39 is 6.23 Å². The summed E-state index contributed by atoms with van der Waals surface area (Å²) in [4.78, 5) is 11.9. The quantitative estimate of drug-likeness (QED) is 0.781. The first kappa shape index (κ1) is 17.8. The molecule has 4 nitrogen and oxygen atoms in total. The first-order valence-electron chi connectivity index (χ1n) is 8.00. The lowest BCUT2D eigenvalue weighted by Gasteiger charge is -2.20. The maximum absolute atomic E-state index is 12.8. The molecule has 0 spiro atoms. The van der Waals surface area contributed by atoms with Gasteiger partial charge in [0.2, 0.25) is 0 Å². The molecule has 0 radical (unpaired) electrons. The number of hydrogen-bond donors (Lipinski definition) is 2. The average molecular weight is 330 g/mol. The molecule has 128 valence electrons. The van der Waals surface area contributed by atoms with Gasteiger partial charge < -0.3 is 15.4 Å². The smallest absolute Gasteiger partial charge is 0.317 e. The fourth-order valence-corrected chi connectivity index (χ4v) is 2.30. The van der Waals surface area contributed by atoms with Crippen molar-refractivity contribution in [3.63, 3.8) is 0 Å². The third-order valence-electron chi connectivity index (χ3n) is 3.55. The maximum atomic E-state index is 12.8. The molecule has 1 unspecified atom stereocenters. The third-order valence-corrected chi connectivity index (χ3v) is 3.55. The molecule has 2 aromatic rings. The molecule has 1 atom stereocenters. The molecular weight excluding hydrogens is 307 g/mol. The highest BCUT2D eigenvalue weighted by atomic mass is 19.1. The van der Waals surface area contributed by atoms with Crippen LogP contribution in [0.5, 0.6) is 5.75 Å². The van der Waals surface area contributed by atoms with Crippen LogP contribution in [0.3, 0.4) is 0 Å². The second kappa shape index (κ2) is 8.34. The fraction of sp³-hybridized carbons (Fsp3) is 0.316. The molecular formula is C19H23FN2O2. The Balaban J connectivity index is 1.84. The van der Waals surface area contributed by atoms with E-state index in [4.69, 9.17) is 4.74 Å². The minimum absolute atomic E-state index is 0.297. The Bertz CT molecular complexity index is 671. The van der Waals surface area contributed by atoms with E-state index in [0.29, 0.717) is 12.5 Å². The van der Waals surface area contributed by atoms with Crippen LogP contribution < -0.4 is 15.4 Å². The van der Waals surface area contributed by atoms with E-state index in [1.54, 1.807) is 19.1 Å². The van der Waals surface area contributed by atoms with Gasteiger partial charge in [0.1, 0.15) is 11.6 Å². The third kappa shape index (κ3) is 5.26. The van der Waals surface area contributed by atoms with Crippen molar-refractivity contribution in [3.05, 3.63) is 65.5 Å². The van der Waals surface area contributed by atoms with Crippen molar-refractivity contribution in [1.82, 2.24) is 10.6 Å². The van der Waals surface area contributed by atoms with Crippen molar-refractivity contribution >= 4 is 6.03 Å². The lowest BCUT2D eigenvalue weighted by Crippen LogP contribution is -2.43. The lowest BCUT2D eigenvalue weighted by atomic mass is 10.0. The molecule has 0 saturated heterocycles. The molecule has 0 aliphatic rings. The summed E-state index contributed by atoms with van der Waals surface area (Å²) in [5.74, 6) is 0.800. The summed E-state index contributed by atoms with van der Waals surface area (Å²) >= 11 is 0. The minimum atomic E-state index is -0.474. The molecule has 0 aliphatic carbocycles. The summed E-state index contributed by atoms with van der Waals surface area (Å²) in [6, 6.07) is 13.4. The average Bonchev–Trinajstić information content (AvgIpc) is 2.54. The van der Waals surface area contributed by atoms with Crippen molar-refractivity contribution in [1.29, 1.82) is 0 Å². The van der Waals surface area contributed by atoms with Gasteiger partial charge in [-0.25, -0.2) is 9.18 Å². The lowest BCUT2D eigenvalue weighted by molar-refractivity contribution is 0.175. The Labute approximate surface area is 142 Å². The van der Waals surface area contributed by atoms with Crippen molar-refractivity contribution in [2.75, 3.05) is 0 Å². The molecule has 2 N–H and O–H groups in total. The van der Waals surface area contributed by atoms with E-state index >= 15 is 0 Å². The number of rotatable bonds is 6.